The Morgan fingerprint density at radius 2 is 1.68 bits per heavy atom. The summed E-state index contributed by atoms with van der Waals surface area (Å²) in [5, 5.41) is 0.565. The third-order valence-electron chi connectivity index (χ3n) is 4.82. The molecule has 1 saturated heterocycles. The molecule has 9 heteroatoms. The summed E-state index contributed by atoms with van der Waals surface area (Å²) in [6.07, 6.45) is 0. The van der Waals surface area contributed by atoms with Gasteiger partial charge in [0.15, 0.2) is 0 Å². The molecule has 0 aliphatic carbocycles. The summed E-state index contributed by atoms with van der Waals surface area (Å²) in [7, 11) is -3.54. The largest absolute Gasteiger partial charge is 0.309 e. The molecule has 0 spiro atoms. The highest BCUT2D eigenvalue weighted by molar-refractivity contribution is 9.10. The van der Waals surface area contributed by atoms with Crippen LogP contribution in [0.4, 0.5) is 0 Å². The van der Waals surface area contributed by atoms with Crippen molar-refractivity contribution in [3.05, 3.63) is 69.2 Å². The zero-order valence-corrected chi connectivity index (χ0v) is 17.4. The minimum atomic E-state index is -3.54. The van der Waals surface area contributed by atoms with Gasteiger partial charge in [-0.15, -0.1) is 0 Å². The Morgan fingerprint density at radius 1 is 1.00 bits per heavy atom. The van der Waals surface area contributed by atoms with Crippen molar-refractivity contribution in [2.24, 2.45) is 0 Å². The third-order valence-corrected chi connectivity index (χ3v) is 7.73. The van der Waals surface area contributed by atoms with Gasteiger partial charge in [-0.3, -0.25) is 9.69 Å². The number of sulfonamides is 1. The summed E-state index contributed by atoms with van der Waals surface area (Å²) in [5.41, 5.74) is 0.507. The highest BCUT2D eigenvalue weighted by Crippen LogP contribution is 2.25. The van der Waals surface area contributed by atoms with Crippen molar-refractivity contribution in [2.45, 2.75) is 11.4 Å². The second-order valence-corrected chi connectivity index (χ2v) is 9.40. The number of aromatic nitrogens is 2. The van der Waals surface area contributed by atoms with E-state index in [4.69, 9.17) is 0 Å². The standard InChI is InChI=1S/C19H19BrN4O3S/c20-15-6-2-4-8-17(15)28(26,27)24-11-9-23(10-12-24)13-18-21-16-7-3-1-5-14(16)19(25)22-18/h1-8H,9-13H2,(H,21,22,25). The molecule has 1 aliphatic rings. The van der Waals surface area contributed by atoms with Crippen LogP contribution in [0.1, 0.15) is 5.82 Å². The van der Waals surface area contributed by atoms with Crippen LogP contribution in [0, 0.1) is 0 Å². The lowest BCUT2D eigenvalue weighted by atomic mass is 10.2. The fourth-order valence-corrected chi connectivity index (χ4v) is 5.73. The number of piperazine rings is 1. The Kier molecular flexibility index (Phi) is 5.33. The predicted molar refractivity (Wildman–Crippen MR) is 111 cm³/mol. The first-order valence-corrected chi connectivity index (χ1v) is 11.1. The number of rotatable bonds is 4. The van der Waals surface area contributed by atoms with E-state index in [2.05, 4.69) is 30.8 Å². The number of fused-ring (bicyclic) bond motifs is 1. The molecule has 28 heavy (non-hydrogen) atoms. The first kappa shape index (κ1) is 19.3. The number of H-pyrrole nitrogens is 1. The van der Waals surface area contributed by atoms with Crippen LogP contribution in [0.5, 0.6) is 0 Å². The summed E-state index contributed by atoms with van der Waals surface area (Å²) in [5.74, 6) is 0.589. The molecule has 0 atom stereocenters. The summed E-state index contributed by atoms with van der Waals surface area (Å²) in [4.78, 5) is 21.9. The van der Waals surface area contributed by atoms with Crippen molar-refractivity contribution in [1.82, 2.24) is 19.2 Å². The molecule has 0 unspecified atom stereocenters. The smallest absolute Gasteiger partial charge is 0.258 e. The van der Waals surface area contributed by atoms with Gasteiger partial charge in [-0.1, -0.05) is 24.3 Å². The summed E-state index contributed by atoms with van der Waals surface area (Å²) >= 11 is 3.32. The Hall–Kier alpha value is -2.07. The van der Waals surface area contributed by atoms with E-state index in [0.717, 1.165) is 0 Å². The van der Waals surface area contributed by atoms with Gasteiger partial charge in [-0.05, 0) is 40.2 Å². The molecule has 2 aromatic carbocycles. The van der Waals surface area contributed by atoms with E-state index in [9.17, 15) is 13.2 Å². The molecule has 1 N–H and O–H groups in total. The van der Waals surface area contributed by atoms with Gasteiger partial charge < -0.3 is 4.98 Å². The van der Waals surface area contributed by atoms with Crippen molar-refractivity contribution in [1.29, 1.82) is 0 Å². The average Bonchev–Trinajstić information content (AvgIpc) is 2.69. The van der Waals surface area contributed by atoms with Crippen LogP contribution in [0.25, 0.3) is 10.9 Å². The van der Waals surface area contributed by atoms with Crippen LogP contribution < -0.4 is 5.56 Å². The van der Waals surface area contributed by atoms with E-state index in [1.165, 1.54) is 4.31 Å². The van der Waals surface area contributed by atoms with Crippen molar-refractivity contribution in [3.8, 4) is 0 Å². The lowest BCUT2D eigenvalue weighted by Gasteiger charge is -2.33. The second-order valence-electron chi connectivity index (χ2n) is 6.64. The van der Waals surface area contributed by atoms with Crippen LogP contribution in [0.3, 0.4) is 0 Å². The van der Waals surface area contributed by atoms with Crippen molar-refractivity contribution < 1.29 is 8.42 Å². The summed E-state index contributed by atoms with van der Waals surface area (Å²) < 4.78 is 27.8. The van der Waals surface area contributed by atoms with Gasteiger partial charge in [0.25, 0.3) is 5.56 Å². The minimum absolute atomic E-state index is 0.157. The monoisotopic (exact) mass is 462 g/mol. The lowest BCUT2D eigenvalue weighted by molar-refractivity contribution is 0.178. The Labute approximate surface area is 171 Å². The molecule has 146 valence electrons. The maximum absolute atomic E-state index is 12.9. The van der Waals surface area contributed by atoms with Gasteiger partial charge in [-0.25, -0.2) is 13.4 Å². The van der Waals surface area contributed by atoms with Gasteiger partial charge in [0.05, 0.1) is 22.3 Å². The third kappa shape index (κ3) is 3.75. The molecule has 0 saturated carbocycles. The van der Waals surface area contributed by atoms with Gasteiger partial charge in [0, 0.05) is 30.7 Å². The molecule has 2 heterocycles. The lowest BCUT2D eigenvalue weighted by Crippen LogP contribution is -2.48. The quantitative estimate of drug-likeness (QED) is 0.641. The molecular weight excluding hydrogens is 444 g/mol. The van der Waals surface area contributed by atoms with E-state index < -0.39 is 10.0 Å². The Morgan fingerprint density at radius 3 is 2.43 bits per heavy atom. The molecule has 1 aliphatic heterocycles. The van der Waals surface area contributed by atoms with Crippen LogP contribution in [-0.2, 0) is 16.6 Å². The van der Waals surface area contributed by atoms with E-state index in [1.54, 1.807) is 30.3 Å². The van der Waals surface area contributed by atoms with E-state index in [-0.39, 0.29) is 10.5 Å². The fourth-order valence-electron chi connectivity index (χ4n) is 3.34. The van der Waals surface area contributed by atoms with Crippen LogP contribution in [0.2, 0.25) is 0 Å². The van der Waals surface area contributed by atoms with E-state index in [0.29, 0.717) is 53.9 Å². The maximum Gasteiger partial charge on any atom is 0.258 e. The Bertz CT molecular complexity index is 1170. The highest BCUT2D eigenvalue weighted by Gasteiger charge is 2.29. The van der Waals surface area contributed by atoms with Gasteiger partial charge in [-0.2, -0.15) is 4.31 Å². The van der Waals surface area contributed by atoms with Crippen molar-refractivity contribution >= 4 is 36.9 Å². The van der Waals surface area contributed by atoms with Gasteiger partial charge >= 0.3 is 0 Å². The summed E-state index contributed by atoms with van der Waals surface area (Å²) in [6, 6.07) is 14.1. The van der Waals surface area contributed by atoms with Crippen LogP contribution in [-0.4, -0.2) is 53.8 Å². The topological polar surface area (TPSA) is 86.4 Å². The summed E-state index contributed by atoms with van der Waals surface area (Å²) in [6.45, 7) is 2.40. The first-order chi connectivity index (χ1) is 13.4. The zero-order valence-electron chi connectivity index (χ0n) is 15.0. The molecule has 3 aromatic rings. The maximum atomic E-state index is 12.9. The molecule has 7 nitrogen and oxygen atoms in total. The van der Waals surface area contributed by atoms with E-state index in [1.807, 2.05) is 18.2 Å². The number of hydrogen-bond donors (Lipinski definition) is 1. The van der Waals surface area contributed by atoms with Crippen LogP contribution >= 0.6 is 15.9 Å². The molecule has 0 bridgehead atoms. The zero-order chi connectivity index (χ0) is 19.7. The first-order valence-electron chi connectivity index (χ1n) is 8.90. The number of hydrogen-bond acceptors (Lipinski definition) is 5. The number of nitrogens with zero attached hydrogens (tertiary/aromatic N) is 3. The number of aromatic amines is 1. The van der Waals surface area contributed by atoms with E-state index >= 15 is 0 Å². The number of benzene rings is 2. The molecule has 1 fully saturated rings. The number of nitrogens with one attached hydrogen (secondary N) is 1. The van der Waals surface area contributed by atoms with Crippen molar-refractivity contribution in [3.63, 3.8) is 0 Å². The molecule has 0 amide bonds. The second kappa shape index (κ2) is 7.75. The molecule has 0 radical (unpaired) electrons. The molecular formula is C19H19BrN4O3S. The highest BCUT2D eigenvalue weighted by atomic mass is 79.9. The number of halogens is 1. The number of para-hydroxylation sites is 1. The molecule has 1 aromatic heterocycles. The predicted octanol–water partition coefficient (Wildman–Crippen LogP) is 2.19. The Balaban J connectivity index is 1.46. The van der Waals surface area contributed by atoms with Gasteiger partial charge in [0.2, 0.25) is 10.0 Å². The fraction of sp³-hybridized carbons (Fsp3) is 0.263. The normalized spacial score (nSPS) is 16.5. The van der Waals surface area contributed by atoms with Crippen molar-refractivity contribution in [2.75, 3.05) is 26.2 Å². The van der Waals surface area contributed by atoms with Crippen LogP contribution in [0.15, 0.2) is 62.7 Å². The SMILES string of the molecule is O=c1[nH]c(CN2CCN(S(=O)(=O)c3ccccc3Br)CC2)nc2ccccc12. The molecule has 4 rings (SSSR count). The van der Waals surface area contributed by atoms with Gasteiger partial charge in [0.1, 0.15) is 5.82 Å². The average molecular weight is 463 g/mol. The minimum Gasteiger partial charge on any atom is -0.309 e.